The molecule has 1 unspecified atom stereocenters. The van der Waals surface area contributed by atoms with Gasteiger partial charge in [0.15, 0.2) is 0 Å². The first-order valence-corrected chi connectivity index (χ1v) is 8.77. The average Bonchev–Trinajstić information content (AvgIpc) is 2.63. The number of morpholine rings is 2. The molecule has 0 spiro atoms. The number of hydrogen-bond donors (Lipinski definition) is 2. The molecule has 0 bridgehead atoms. The lowest BCUT2D eigenvalue weighted by atomic mass is 10.1. The van der Waals surface area contributed by atoms with Crippen LogP contribution in [0.3, 0.4) is 0 Å². The zero-order chi connectivity index (χ0) is 16.6. The summed E-state index contributed by atoms with van der Waals surface area (Å²) in [6.07, 6.45) is 0.404. The zero-order valence-corrected chi connectivity index (χ0v) is 16.6. The lowest BCUT2D eigenvalue weighted by Gasteiger charge is -2.27. The zero-order valence-electron chi connectivity index (χ0n) is 14.9. The van der Waals surface area contributed by atoms with Gasteiger partial charge < -0.3 is 20.1 Å². The van der Waals surface area contributed by atoms with Crippen LogP contribution < -0.4 is 10.6 Å². The molecule has 3 rings (SSSR count). The van der Waals surface area contributed by atoms with Gasteiger partial charge >= 0.3 is 0 Å². The van der Waals surface area contributed by atoms with Gasteiger partial charge in [0.05, 0.1) is 32.3 Å². The smallest absolute Gasteiger partial charge is 0.222 e. The molecule has 26 heavy (non-hydrogen) atoms. The molecule has 1 amide bonds. The number of halogens is 2. The van der Waals surface area contributed by atoms with E-state index in [0.29, 0.717) is 19.6 Å². The molecule has 2 aliphatic heterocycles. The molecule has 2 N–H and O–H groups in total. The largest absolute Gasteiger partial charge is 0.379 e. The van der Waals surface area contributed by atoms with E-state index in [1.807, 2.05) is 6.07 Å². The van der Waals surface area contributed by atoms with Crippen LogP contribution in [0.4, 0.5) is 0 Å². The van der Waals surface area contributed by atoms with Crippen LogP contribution in [0.15, 0.2) is 24.3 Å². The summed E-state index contributed by atoms with van der Waals surface area (Å²) < 4.78 is 11.0. The summed E-state index contributed by atoms with van der Waals surface area (Å²) in [7, 11) is 0. The van der Waals surface area contributed by atoms with Gasteiger partial charge in [0, 0.05) is 39.3 Å². The fraction of sp³-hybridized carbons (Fsp3) is 0.611. The number of amides is 1. The van der Waals surface area contributed by atoms with Crippen LogP contribution in [0.1, 0.15) is 17.5 Å². The molecule has 2 heterocycles. The van der Waals surface area contributed by atoms with Crippen molar-refractivity contribution in [3.8, 4) is 0 Å². The van der Waals surface area contributed by atoms with Gasteiger partial charge in [-0.3, -0.25) is 9.69 Å². The number of carbonyl (C=O) groups excluding carboxylic acids is 1. The van der Waals surface area contributed by atoms with Crippen molar-refractivity contribution in [2.45, 2.75) is 25.6 Å². The van der Waals surface area contributed by atoms with Crippen molar-refractivity contribution in [2.75, 3.05) is 46.0 Å². The molecular weight excluding hydrogens is 377 g/mol. The molecule has 1 aromatic rings. The number of carbonyl (C=O) groups is 1. The molecule has 2 fully saturated rings. The van der Waals surface area contributed by atoms with Gasteiger partial charge in [-0.05, 0) is 11.1 Å². The maximum absolute atomic E-state index is 12.1. The van der Waals surface area contributed by atoms with E-state index >= 15 is 0 Å². The van der Waals surface area contributed by atoms with Gasteiger partial charge in [0.2, 0.25) is 5.91 Å². The third-order valence-corrected chi connectivity index (χ3v) is 4.51. The SMILES string of the molecule is Cl.Cl.O=C(CC1CNCCO1)NCc1ccccc1CN1CCOCC1. The number of rotatable bonds is 6. The maximum Gasteiger partial charge on any atom is 0.222 e. The van der Waals surface area contributed by atoms with E-state index in [1.54, 1.807) is 0 Å². The molecule has 0 saturated carbocycles. The molecule has 148 valence electrons. The number of ether oxygens (including phenoxy) is 2. The predicted molar refractivity (Wildman–Crippen MR) is 106 cm³/mol. The summed E-state index contributed by atoms with van der Waals surface area (Å²) in [4.78, 5) is 14.5. The minimum Gasteiger partial charge on any atom is -0.379 e. The van der Waals surface area contributed by atoms with Crippen molar-refractivity contribution in [3.05, 3.63) is 35.4 Å². The number of hydrogen-bond acceptors (Lipinski definition) is 5. The van der Waals surface area contributed by atoms with Crippen molar-refractivity contribution < 1.29 is 14.3 Å². The van der Waals surface area contributed by atoms with Crippen molar-refractivity contribution in [3.63, 3.8) is 0 Å². The standard InChI is InChI=1S/C18H27N3O3.2ClH/c22-18(11-17-13-19-5-8-24-17)20-12-15-3-1-2-4-16(15)14-21-6-9-23-10-7-21;;/h1-4,17,19H,5-14H2,(H,20,22);2*1H. The highest BCUT2D eigenvalue weighted by Gasteiger charge is 2.17. The molecule has 2 saturated heterocycles. The van der Waals surface area contributed by atoms with Gasteiger partial charge in [-0.15, -0.1) is 24.8 Å². The lowest BCUT2D eigenvalue weighted by molar-refractivity contribution is -0.124. The summed E-state index contributed by atoms with van der Waals surface area (Å²) in [5.41, 5.74) is 2.45. The van der Waals surface area contributed by atoms with Gasteiger partial charge in [0.1, 0.15) is 0 Å². The average molecular weight is 406 g/mol. The van der Waals surface area contributed by atoms with Gasteiger partial charge in [0.25, 0.3) is 0 Å². The maximum atomic E-state index is 12.1. The number of nitrogens with zero attached hydrogens (tertiary/aromatic N) is 1. The third kappa shape index (κ3) is 7.39. The predicted octanol–water partition coefficient (Wildman–Crippen LogP) is 1.36. The Kier molecular flexibility index (Phi) is 11.1. The topological polar surface area (TPSA) is 62.8 Å². The van der Waals surface area contributed by atoms with Crippen LogP contribution in [0, 0.1) is 0 Å². The molecular formula is C18H29Cl2N3O3. The summed E-state index contributed by atoms with van der Waals surface area (Å²) >= 11 is 0. The monoisotopic (exact) mass is 405 g/mol. The summed E-state index contributed by atoms with van der Waals surface area (Å²) in [6, 6.07) is 8.32. The molecule has 1 aromatic carbocycles. The van der Waals surface area contributed by atoms with Gasteiger partial charge in [-0.2, -0.15) is 0 Å². The van der Waals surface area contributed by atoms with Crippen molar-refractivity contribution >= 4 is 30.7 Å². The molecule has 0 aliphatic carbocycles. The first kappa shape index (κ1) is 23.1. The Bertz CT molecular complexity index is 536. The number of benzene rings is 1. The van der Waals surface area contributed by atoms with E-state index in [0.717, 1.165) is 45.9 Å². The van der Waals surface area contributed by atoms with E-state index in [4.69, 9.17) is 9.47 Å². The van der Waals surface area contributed by atoms with E-state index in [9.17, 15) is 4.79 Å². The lowest BCUT2D eigenvalue weighted by Crippen LogP contribution is -2.41. The first-order chi connectivity index (χ1) is 11.8. The molecule has 6 nitrogen and oxygen atoms in total. The Balaban J connectivity index is 0.00000169. The quantitative estimate of drug-likeness (QED) is 0.747. The molecule has 2 aliphatic rings. The second kappa shape index (κ2) is 12.5. The highest BCUT2D eigenvalue weighted by atomic mass is 35.5. The molecule has 8 heteroatoms. The summed E-state index contributed by atoms with van der Waals surface area (Å²) in [5.74, 6) is 0.0462. The highest BCUT2D eigenvalue weighted by Crippen LogP contribution is 2.13. The fourth-order valence-electron chi connectivity index (χ4n) is 3.11. The van der Waals surface area contributed by atoms with Crippen molar-refractivity contribution in [1.29, 1.82) is 0 Å². The Hall–Kier alpha value is -0.890. The van der Waals surface area contributed by atoms with Gasteiger partial charge in [-0.25, -0.2) is 0 Å². The Morgan fingerprint density at radius 1 is 1.15 bits per heavy atom. The summed E-state index contributed by atoms with van der Waals surface area (Å²) in [5, 5.41) is 6.28. The Morgan fingerprint density at radius 3 is 2.58 bits per heavy atom. The minimum atomic E-state index is -0.0117. The highest BCUT2D eigenvalue weighted by molar-refractivity contribution is 5.85. The Labute approximate surface area is 167 Å². The first-order valence-electron chi connectivity index (χ1n) is 8.77. The third-order valence-electron chi connectivity index (χ3n) is 4.51. The summed E-state index contributed by atoms with van der Waals surface area (Å²) in [6.45, 7) is 7.31. The van der Waals surface area contributed by atoms with Crippen molar-refractivity contribution in [1.82, 2.24) is 15.5 Å². The van der Waals surface area contributed by atoms with E-state index in [2.05, 4.69) is 33.7 Å². The van der Waals surface area contributed by atoms with Crippen molar-refractivity contribution in [2.24, 2.45) is 0 Å². The fourth-order valence-corrected chi connectivity index (χ4v) is 3.11. The van der Waals surface area contributed by atoms with Gasteiger partial charge in [-0.1, -0.05) is 24.3 Å². The molecule has 1 atom stereocenters. The Morgan fingerprint density at radius 2 is 1.88 bits per heavy atom. The normalized spacial score (nSPS) is 20.5. The van der Waals surface area contributed by atoms with E-state index in [-0.39, 0.29) is 36.8 Å². The molecule has 0 radical (unpaired) electrons. The van der Waals surface area contributed by atoms with Crippen LogP contribution in [0.5, 0.6) is 0 Å². The molecule has 0 aromatic heterocycles. The number of nitrogens with one attached hydrogen (secondary N) is 2. The van der Waals surface area contributed by atoms with Crippen LogP contribution >= 0.6 is 24.8 Å². The minimum absolute atomic E-state index is 0. The van der Waals surface area contributed by atoms with E-state index < -0.39 is 0 Å². The second-order valence-corrected chi connectivity index (χ2v) is 6.34. The van der Waals surface area contributed by atoms with Crippen LogP contribution in [-0.4, -0.2) is 62.9 Å². The van der Waals surface area contributed by atoms with Crippen LogP contribution in [-0.2, 0) is 27.4 Å². The van der Waals surface area contributed by atoms with E-state index in [1.165, 1.54) is 11.1 Å². The second-order valence-electron chi connectivity index (χ2n) is 6.34. The van der Waals surface area contributed by atoms with Crippen LogP contribution in [0.2, 0.25) is 0 Å². The van der Waals surface area contributed by atoms with Crippen LogP contribution in [0.25, 0.3) is 0 Å².